The van der Waals surface area contributed by atoms with Gasteiger partial charge < -0.3 is 14.2 Å². The molecule has 1 atom stereocenters. The highest BCUT2D eigenvalue weighted by molar-refractivity contribution is 6.32. The predicted octanol–water partition coefficient (Wildman–Crippen LogP) is 4.22. The van der Waals surface area contributed by atoms with Crippen molar-refractivity contribution >= 4 is 23.3 Å². The molecule has 0 radical (unpaired) electrons. The number of nitro groups is 1. The Morgan fingerprint density at radius 2 is 1.83 bits per heavy atom. The van der Waals surface area contributed by atoms with Gasteiger partial charge in [-0.1, -0.05) is 48.9 Å². The molecule has 0 heterocycles. The van der Waals surface area contributed by atoms with Crippen molar-refractivity contribution in [3.63, 3.8) is 0 Å². The molecule has 160 valence electrons. The zero-order valence-electron chi connectivity index (χ0n) is 16.8. The van der Waals surface area contributed by atoms with Crippen molar-refractivity contribution in [2.24, 2.45) is 5.92 Å². The van der Waals surface area contributed by atoms with Gasteiger partial charge in [-0.2, -0.15) is 0 Å². The molecule has 0 spiro atoms. The first-order valence-electron chi connectivity index (χ1n) is 9.09. The number of ketones is 1. The van der Waals surface area contributed by atoms with Crippen LogP contribution in [0.5, 0.6) is 11.5 Å². The third kappa shape index (κ3) is 5.77. The number of carbonyl (C=O) groups is 2. The predicted molar refractivity (Wildman–Crippen MR) is 110 cm³/mol. The van der Waals surface area contributed by atoms with Gasteiger partial charge in [0.1, 0.15) is 23.0 Å². The normalized spacial score (nSPS) is 11.6. The Morgan fingerprint density at radius 1 is 1.17 bits per heavy atom. The maximum absolute atomic E-state index is 12.9. The van der Waals surface area contributed by atoms with Crippen LogP contribution in [0.15, 0.2) is 36.4 Å². The van der Waals surface area contributed by atoms with Gasteiger partial charge in [-0.3, -0.25) is 14.9 Å². The van der Waals surface area contributed by atoms with Crippen LogP contribution in [0.25, 0.3) is 0 Å². The fraction of sp³-hybridized carbons (Fsp3) is 0.333. The molecule has 0 aliphatic carbocycles. The van der Waals surface area contributed by atoms with Crippen molar-refractivity contribution in [1.29, 1.82) is 0 Å². The van der Waals surface area contributed by atoms with Crippen LogP contribution in [0.2, 0.25) is 5.02 Å². The minimum absolute atomic E-state index is 0.102. The zero-order valence-corrected chi connectivity index (χ0v) is 17.6. The van der Waals surface area contributed by atoms with Crippen LogP contribution in [0.1, 0.15) is 34.8 Å². The Morgan fingerprint density at radius 3 is 2.43 bits per heavy atom. The molecule has 0 saturated heterocycles. The molecular formula is C21H22ClNO7. The molecule has 0 aliphatic heterocycles. The van der Waals surface area contributed by atoms with Gasteiger partial charge >= 0.3 is 5.91 Å². The Kier molecular flexibility index (Phi) is 8.32. The van der Waals surface area contributed by atoms with E-state index in [0.717, 1.165) is 5.56 Å². The Hall–Kier alpha value is -2.97. The summed E-state index contributed by atoms with van der Waals surface area (Å²) in [4.78, 5) is 33.9. The second-order valence-electron chi connectivity index (χ2n) is 6.63. The van der Waals surface area contributed by atoms with Gasteiger partial charge in [0.2, 0.25) is 0 Å². The number of hydrogen-bond donors (Lipinski definition) is 0. The molecule has 0 saturated carbocycles. The standard InChI is InChI=1S/C21H22ClNO7/c1-13(9-18(24)23(26)27)19(25)16-10-17(22)21(14(2)20(16)30-12-28-3)29-11-15-7-5-4-6-8-15/h4-8,10,13H,9,11-12H2,1-3H3. The Bertz CT molecular complexity index is 931. The molecule has 8 nitrogen and oxygen atoms in total. The van der Waals surface area contributed by atoms with Gasteiger partial charge in [-0.25, -0.2) is 4.79 Å². The molecule has 1 unspecified atom stereocenters. The van der Waals surface area contributed by atoms with Crippen LogP contribution < -0.4 is 9.47 Å². The summed E-state index contributed by atoms with van der Waals surface area (Å²) >= 11 is 6.37. The van der Waals surface area contributed by atoms with Crippen molar-refractivity contribution in [3.8, 4) is 11.5 Å². The second-order valence-corrected chi connectivity index (χ2v) is 7.04. The lowest BCUT2D eigenvalue weighted by atomic mass is 9.94. The fourth-order valence-corrected chi connectivity index (χ4v) is 3.14. The van der Waals surface area contributed by atoms with E-state index in [1.807, 2.05) is 30.3 Å². The molecule has 2 aromatic rings. The lowest BCUT2D eigenvalue weighted by Gasteiger charge is -2.19. The Labute approximate surface area is 178 Å². The third-order valence-electron chi connectivity index (χ3n) is 4.36. The summed E-state index contributed by atoms with van der Waals surface area (Å²) in [5.41, 5.74) is 1.51. The van der Waals surface area contributed by atoms with Gasteiger partial charge in [0.05, 0.1) is 17.0 Å². The molecule has 0 aliphatic rings. The highest BCUT2D eigenvalue weighted by Gasteiger charge is 2.29. The largest absolute Gasteiger partial charge is 0.487 e. The van der Waals surface area contributed by atoms with Crippen molar-refractivity contribution in [1.82, 2.24) is 0 Å². The van der Waals surface area contributed by atoms with E-state index in [9.17, 15) is 19.7 Å². The summed E-state index contributed by atoms with van der Waals surface area (Å²) in [5, 5.41) is 10.8. The van der Waals surface area contributed by atoms with Crippen LogP contribution in [0.3, 0.4) is 0 Å². The molecule has 1 amide bonds. The van der Waals surface area contributed by atoms with E-state index >= 15 is 0 Å². The molecular weight excluding hydrogens is 414 g/mol. The number of hydrogen-bond acceptors (Lipinski definition) is 7. The fourth-order valence-electron chi connectivity index (χ4n) is 2.83. The van der Waals surface area contributed by atoms with Gasteiger partial charge in [-0.15, -0.1) is 0 Å². The van der Waals surface area contributed by atoms with E-state index in [1.165, 1.54) is 20.1 Å². The lowest BCUT2D eigenvalue weighted by Crippen LogP contribution is -2.21. The smallest absolute Gasteiger partial charge is 0.445 e. The minimum Gasteiger partial charge on any atom is -0.487 e. The number of halogens is 1. The van der Waals surface area contributed by atoms with E-state index in [1.54, 1.807) is 6.92 Å². The highest BCUT2D eigenvalue weighted by atomic mass is 35.5. The summed E-state index contributed by atoms with van der Waals surface area (Å²) in [6.07, 6.45) is -0.529. The zero-order chi connectivity index (χ0) is 22.3. The first kappa shape index (κ1) is 23.3. The quantitative estimate of drug-likeness (QED) is 0.238. The summed E-state index contributed by atoms with van der Waals surface area (Å²) in [5.74, 6) is -2.14. The molecule has 0 N–H and O–H groups in total. The summed E-state index contributed by atoms with van der Waals surface area (Å²) in [7, 11) is 1.43. The topological polar surface area (TPSA) is 105 Å². The average Bonchev–Trinajstić information content (AvgIpc) is 2.72. The first-order chi connectivity index (χ1) is 14.3. The van der Waals surface area contributed by atoms with E-state index in [2.05, 4.69) is 0 Å². The molecule has 2 rings (SSSR count). The summed E-state index contributed by atoms with van der Waals surface area (Å²) in [6.45, 7) is 3.24. The number of ether oxygens (including phenoxy) is 3. The maximum Gasteiger partial charge on any atom is 0.445 e. The SMILES string of the molecule is COCOc1c(C(=O)C(C)CC(=O)[N+](=O)[O-])cc(Cl)c(OCc2ccccc2)c1C. The van der Waals surface area contributed by atoms with Gasteiger partial charge in [0.25, 0.3) is 0 Å². The van der Waals surface area contributed by atoms with Crippen LogP contribution in [-0.4, -0.2) is 30.5 Å². The average molecular weight is 436 g/mol. The number of Topliss-reactive ketones (excluding diaryl/α,β-unsaturated/α-hetero) is 1. The van der Waals surface area contributed by atoms with Crippen LogP contribution in [0, 0.1) is 23.0 Å². The third-order valence-corrected chi connectivity index (χ3v) is 4.64. The number of benzene rings is 2. The molecule has 0 aromatic heterocycles. The molecule has 0 fully saturated rings. The minimum atomic E-state index is -1.24. The van der Waals surface area contributed by atoms with Crippen LogP contribution in [-0.2, 0) is 16.1 Å². The summed E-state index contributed by atoms with van der Waals surface area (Å²) in [6, 6.07) is 10.8. The van der Waals surface area contributed by atoms with Crippen molar-refractivity contribution < 1.29 is 28.7 Å². The first-order valence-corrected chi connectivity index (χ1v) is 9.47. The van der Waals surface area contributed by atoms with Crippen LogP contribution >= 0.6 is 11.6 Å². The molecule has 2 aromatic carbocycles. The van der Waals surface area contributed by atoms with E-state index in [0.29, 0.717) is 11.3 Å². The van der Waals surface area contributed by atoms with E-state index in [-0.39, 0.29) is 29.7 Å². The lowest BCUT2D eigenvalue weighted by molar-refractivity contribution is -0.402. The van der Waals surface area contributed by atoms with Gasteiger partial charge in [0, 0.05) is 18.6 Å². The monoisotopic (exact) mass is 435 g/mol. The van der Waals surface area contributed by atoms with Crippen molar-refractivity contribution in [2.45, 2.75) is 26.9 Å². The number of amides is 1. The second kappa shape index (κ2) is 10.7. The molecule has 0 bridgehead atoms. The van der Waals surface area contributed by atoms with Crippen molar-refractivity contribution in [3.05, 3.63) is 68.2 Å². The van der Waals surface area contributed by atoms with E-state index in [4.69, 9.17) is 25.8 Å². The maximum atomic E-state index is 12.9. The number of methoxy groups -OCH3 is 1. The number of carbonyl (C=O) groups excluding carboxylic acids is 2. The Balaban J connectivity index is 2.36. The number of rotatable bonds is 10. The molecule has 9 heteroatoms. The molecule has 30 heavy (non-hydrogen) atoms. The van der Waals surface area contributed by atoms with Gasteiger partial charge in [0.15, 0.2) is 12.6 Å². The number of nitrogens with zero attached hydrogens (tertiary/aromatic N) is 1. The highest BCUT2D eigenvalue weighted by Crippen LogP contribution is 2.40. The summed E-state index contributed by atoms with van der Waals surface area (Å²) < 4.78 is 16.4. The van der Waals surface area contributed by atoms with E-state index < -0.39 is 29.0 Å². The van der Waals surface area contributed by atoms with Crippen molar-refractivity contribution in [2.75, 3.05) is 13.9 Å². The van der Waals surface area contributed by atoms with Crippen LogP contribution in [0.4, 0.5) is 0 Å². The van der Waals surface area contributed by atoms with Gasteiger partial charge in [-0.05, 0) is 18.6 Å².